The molecule has 4 aromatic rings. The van der Waals surface area contributed by atoms with Gasteiger partial charge in [0.1, 0.15) is 11.5 Å². The zero-order valence-corrected chi connectivity index (χ0v) is 20.4. The number of nitrogens with zero attached hydrogens (tertiary/aromatic N) is 3. The van der Waals surface area contributed by atoms with Crippen molar-refractivity contribution >= 4 is 11.4 Å². The van der Waals surface area contributed by atoms with E-state index < -0.39 is 0 Å². The van der Waals surface area contributed by atoms with Gasteiger partial charge in [0, 0.05) is 35.5 Å². The highest BCUT2D eigenvalue weighted by Crippen LogP contribution is 2.31. The van der Waals surface area contributed by atoms with Crippen LogP contribution in [0.3, 0.4) is 0 Å². The minimum absolute atomic E-state index is 0.0908. The Morgan fingerprint density at radius 3 is 2.54 bits per heavy atom. The fourth-order valence-electron chi connectivity index (χ4n) is 3.97. The third kappa shape index (κ3) is 5.30. The van der Waals surface area contributed by atoms with E-state index in [0.717, 1.165) is 45.1 Å². The summed E-state index contributed by atoms with van der Waals surface area (Å²) in [7, 11) is 1.62. The Balaban J connectivity index is 1.71. The SMILES string of the molecule is C=C(Cc1ccc(C(=N)c2ncc(-c3c(C)noc3C)cc2N[C@@H](C)c2ccccn2)cc1)OC. The molecule has 0 radical (unpaired) electrons. The number of aromatic nitrogens is 3. The molecule has 0 saturated heterocycles. The van der Waals surface area contributed by atoms with Gasteiger partial charge < -0.3 is 14.6 Å². The van der Waals surface area contributed by atoms with Crippen molar-refractivity contribution in [3.8, 4) is 11.1 Å². The van der Waals surface area contributed by atoms with E-state index in [4.69, 9.17) is 19.7 Å². The molecule has 0 amide bonds. The minimum Gasteiger partial charge on any atom is -0.501 e. The number of hydrogen-bond acceptors (Lipinski definition) is 7. The first-order valence-electron chi connectivity index (χ1n) is 11.4. The lowest BCUT2D eigenvalue weighted by molar-refractivity contribution is 0.285. The van der Waals surface area contributed by atoms with Crippen LogP contribution in [0.5, 0.6) is 0 Å². The highest BCUT2D eigenvalue weighted by Gasteiger charge is 2.19. The van der Waals surface area contributed by atoms with Gasteiger partial charge in [0.05, 0.1) is 41.7 Å². The maximum Gasteiger partial charge on any atom is 0.141 e. The Kier molecular flexibility index (Phi) is 7.06. The van der Waals surface area contributed by atoms with Crippen molar-refractivity contribution in [2.75, 3.05) is 12.4 Å². The van der Waals surface area contributed by atoms with E-state index >= 15 is 0 Å². The predicted molar refractivity (Wildman–Crippen MR) is 138 cm³/mol. The first kappa shape index (κ1) is 23.9. The second-order valence-electron chi connectivity index (χ2n) is 8.43. The number of aryl methyl sites for hydroxylation is 2. The summed E-state index contributed by atoms with van der Waals surface area (Å²) < 4.78 is 10.5. The minimum atomic E-state index is -0.0908. The average Bonchev–Trinajstić information content (AvgIpc) is 3.22. The van der Waals surface area contributed by atoms with Crippen LogP contribution < -0.4 is 5.32 Å². The Morgan fingerprint density at radius 1 is 1.14 bits per heavy atom. The first-order chi connectivity index (χ1) is 16.9. The van der Waals surface area contributed by atoms with Crippen LogP contribution in [0.15, 0.2) is 77.8 Å². The second-order valence-corrected chi connectivity index (χ2v) is 8.43. The summed E-state index contributed by atoms with van der Waals surface area (Å²) in [5.41, 5.74) is 6.93. The van der Waals surface area contributed by atoms with Crippen molar-refractivity contribution in [2.45, 2.75) is 33.2 Å². The van der Waals surface area contributed by atoms with Gasteiger partial charge in [0.2, 0.25) is 0 Å². The Labute approximate surface area is 205 Å². The van der Waals surface area contributed by atoms with Gasteiger partial charge >= 0.3 is 0 Å². The van der Waals surface area contributed by atoms with Gasteiger partial charge in [-0.3, -0.25) is 15.4 Å². The number of benzene rings is 1. The van der Waals surface area contributed by atoms with E-state index in [0.29, 0.717) is 23.6 Å². The summed E-state index contributed by atoms with van der Waals surface area (Å²) in [6.45, 7) is 9.71. The summed E-state index contributed by atoms with van der Waals surface area (Å²) in [5.74, 6) is 1.42. The van der Waals surface area contributed by atoms with Crippen LogP contribution in [0.2, 0.25) is 0 Å². The van der Waals surface area contributed by atoms with Gasteiger partial charge in [0.25, 0.3) is 0 Å². The van der Waals surface area contributed by atoms with Gasteiger partial charge in [-0.25, -0.2) is 0 Å². The summed E-state index contributed by atoms with van der Waals surface area (Å²) in [4.78, 5) is 9.18. The van der Waals surface area contributed by atoms with Crippen LogP contribution in [0.1, 0.15) is 46.9 Å². The van der Waals surface area contributed by atoms with Crippen molar-refractivity contribution < 1.29 is 9.26 Å². The van der Waals surface area contributed by atoms with Crippen LogP contribution in [-0.2, 0) is 11.2 Å². The van der Waals surface area contributed by atoms with Crippen molar-refractivity contribution in [3.63, 3.8) is 0 Å². The molecular weight excluding hydrogens is 438 g/mol. The normalized spacial score (nSPS) is 11.7. The fourth-order valence-corrected chi connectivity index (χ4v) is 3.97. The van der Waals surface area contributed by atoms with Crippen molar-refractivity contribution in [3.05, 3.63) is 107 Å². The third-order valence-corrected chi connectivity index (χ3v) is 5.88. The first-order valence-corrected chi connectivity index (χ1v) is 11.4. The number of ether oxygens (including phenoxy) is 1. The Hall–Kier alpha value is -4.26. The molecule has 2 N–H and O–H groups in total. The standard InChI is InChI=1S/C28H29N5O2/c1-17(34-5)14-21-9-11-22(12-10-21)27(29)28-25(32-18(2)24-8-6-7-13-30-24)15-23(16-31-28)26-19(3)33-35-20(26)4/h6-13,15-16,18,29,32H,1,14H2,2-5H3/t18-/m0/s1. The summed E-state index contributed by atoms with van der Waals surface area (Å²) in [5, 5.41) is 16.5. The molecule has 0 unspecified atom stereocenters. The number of methoxy groups -OCH3 is 1. The molecule has 1 aromatic carbocycles. The zero-order valence-electron chi connectivity index (χ0n) is 20.4. The van der Waals surface area contributed by atoms with Crippen LogP contribution in [-0.4, -0.2) is 27.9 Å². The second kappa shape index (κ2) is 10.3. The van der Waals surface area contributed by atoms with Gasteiger partial charge in [-0.2, -0.15) is 0 Å². The lowest BCUT2D eigenvalue weighted by Crippen LogP contribution is -2.14. The molecule has 3 heterocycles. The molecule has 7 heteroatoms. The number of rotatable bonds is 9. The lowest BCUT2D eigenvalue weighted by atomic mass is 9.99. The molecule has 0 aliphatic heterocycles. The van der Waals surface area contributed by atoms with Gasteiger partial charge in [-0.05, 0) is 44.5 Å². The molecule has 0 aliphatic rings. The maximum absolute atomic E-state index is 8.95. The molecular formula is C28H29N5O2. The van der Waals surface area contributed by atoms with Gasteiger partial charge in [-0.1, -0.05) is 42.1 Å². The molecule has 0 fully saturated rings. The maximum atomic E-state index is 8.95. The molecule has 178 valence electrons. The predicted octanol–water partition coefficient (Wildman–Crippen LogP) is 6.04. The summed E-state index contributed by atoms with van der Waals surface area (Å²) >= 11 is 0. The number of pyridine rings is 2. The van der Waals surface area contributed by atoms with Crippen LogP contribution in [0.25, 0.3) is 11.1 Å². The quantitative estimate of drug-likeness (QED) is 0.230. The van der Waals surface area contributed by atoms with Crippen LogP contribution >= 0.6 is 0 Å². The average molecular weight is 468 g/mol. The Bertz CT molecular complexity index is 1320. The number of allylic oxidation sites excluding steroid dienone is 1. The van der Waals surface area contributed by atoms with Crippen molar-refractivity contribution in [1.29, 1.82) is 5.41 Å². The molecule has 0 spiro atoms. The smallest absolute Gasteiger partial charge is 0.141 e. The monoisotopic (exact) mass is 467 g/mol. The third-order valence-electron chi connectivity index (χ3n) is 5.88. The van der Waals surface area contributed by atoms with E-state index in [1.165, 1.54) is 0 Å². The molecule has 35 heavy (non-hydrogen) atoms. The van der Waals surface area contributed by atoms with Gasteiger partial charge in [0.15, 0.2) is 0 Å². The fraction of sp³-hybridized carbons (Fsp3) is 0.214. The van der Waals surface area contributed by atoms with E-state index in [1.54, 1.807) is 19.5 Å². The van der Waals surface area contributed by atoms with E-state index in [1.807, 2.05) is 69.3 Å². The van der Waals surface area contributed by atoms with Crippen molar-refractivity contribution in [2.24, 2.45) is 0 Å². The molecule has 3 aromatic heterocycles. The van der Waals surface area contributed by atoms with Gasteiger partial charge in [-0.15, -0.1) is 0 Å². The van der Waals surface area contributed by atoms with E-state index in [2.05, 4.69) is 22.0 Å². The molecule has 1 atom stereocenters. The van der Waals surface area contributed by atoms with Crippen molar-refractivity contribution in [1.82, 2.24) is 15.1 Å². The highest BCUT2D eigenvalue weighted by atomic mass is 16.5. The molecule has 0 bridgehead atoms. The van der Waals surface area contributed by atoms with Crippen LogP contribution in [0, 0.1) is 19.3 Å². The highest BCUT2D eigenvalue weighted by molar-refractivity contribution is 6.13. The molecule has 7 nitrogen and oxygen atoms in total. The topological polar surface area (TPSA) is 96.9 Å². The Morgan fingerprint density at radius 2 is 1.91 bits per heavy atom. The summed E-state index contributed by atoms with van der Waals surface area (Å²) in [6, 6.07) is 15.6. The molecule has 4 rings (SSSR count). The lowest BCUT2D eigenvalue weighted by Gasteiger charge is -2.19. The largest absolute Gasteiger partial charge is 0.501 e. The summed E-state index contributed by atoms with van der Waals surface area (Å²) in [6.07, 6.45) is 4.17. The van der Waals surface area contributed by atoms with E-state index in [-0.39, 0.29) is 6.04 Å². The number of anilines is 1. The van der Waals surface area contributed by atoms with E-state index in [9.17, 15) is 0 Å². The molecule has 0 saturated carbocycles. The number of nitrogens with one attached hydrogen (secondary N) is 2. The van der Waals surface area contributed by atoms with Crippen LogP contribution in [0.4, 0.5) is 5.69 Å². The number of hydrogen-bond donors (Lipinski definition) is 2. The zero-order chi connectivity index (χ0) is 24.9. The molecule has 0 aliphatic carbocycles.